The van der Waals surface area contributed by atoms with E-state index in [2.05, 4.69) is 149 Å². The molecule has 0 unspecified atom stereocenters. The van der Waals surface area contributed by atoms with Crippen LogP contribution in [0.2, 0.25) is 0 Å². The molecule has 7 aromatic carbocycles. The minimum absolute atomic E-state index is 0.00152. The normalized spacial score (nSPS) is 13.6. The maximum absolute atomic E-state index is 2.45. The van der Waals surface area contributed by atoms with Crippen LogP contribution in [0.3, 0.4) is 0 Å². The third-order valence-electron chi connectivity index (χ3n) is 9.46. The van der Waals surface area contributed by atoms with Crippen LogP contribution in [-0.4, -0.2) is 0 Å². The Balaban J connectivity index is 1.50. The molecule has 8 rings (SSSR count). The second-order valence-electron chi connectivity index (χ2n) is 12.3. The highest BCUT2D eigenvalue weighted by Gasteiger charge is 2.35. The molecule has 0 bridgehead atoms. The first-order chi connectivity index (χ1) is 19.9. The molecule has 0 saturated carbocycles. The molecule has 0 N–H and O–H groups in total. The van der Waals surface area contributed by atoms with E-state index >= 15 is 0 Å². The zero-order valence-corrected chi connectivity index (χ0v) is 24.0. The Labute approximate surface area is 241 Å². The zero-order chi connectivity index (χ0) is 27.9. The number of fused-ring (bicyclic) bond motifs is 6. The Hall–Kier alpha value is -4.68. The van der Waals surface area contributed by atoms with Gasteiger partial charge in [0.15, 0.2) is 0 Å². The van der Waals surface area contributed by atoms with Crippen LogP contribution in [0.25, 0.3) is 65.7 Å². The van der Waals surface area contributed by atoms with Crippen LogP contribution in [0, 0.1) is 13.8 Å². The van der Waals surface area contributed by atoms with E-state index in [-0.39, 0.29) is 5.41 Å². The summed E-state index contributed by atoms with van der Waals surface area (Å²) in [5.74, 6) is 0. The van der Waals surface area contributed by atoms with Gasteiger partial charge in [-0.3, -0.25) is 0 Å². The Bertz CT molecular complexity index is 2190. The van der Waals surface area contributed by atoms with Gasteiger partial charge in [0, 0.05) is 5.41 Å². The molecule has 7 aromatic rings. The fourth-order valence-electron chi connectivity index (χ4n) is 7.44. The summed E-state index contributed by atoms with van der Waals surface area (Å²) in [4.78, 5) is 0. The van der Waals surface area contributed by atoms with Crippen molar-refractivity contribution in [3.63, 3.8) is 0 Å². The summed E-state index contributed by atoms with van der Waals surface area (Å²) in [7, 11) is 0. The average molecular weight is 525 g/mol. The van der Waals surface area contributed by atoms with Gasteiger partial charge in [-0.25, -0.2) is 0 Å². The van der Waals surface area contributed by atoms with E-state index in [9.17, 15) is 0 Å². The molecular weight excluding hydrogens is 492 g/mol. The van der Waals surface area contributed by atoms with Crippen LogP contribution in [0.15, 0.2) is 121 Å². The molecule has 0 atom stereocenters. The van der Waals surface area contributed by atoms with Crippen LogP contribution in [0.5, 0.6) is 0 Å². The molecule has 1 aliphatic rings. The molecule has 1 aliphatic carbocycles. The van der Waals surface area contributed by atoms with Gasteiger partial charge in [0.05, 0.1) is 0 Å². The van der Waals surface area contributed by atoms with Gasteiger partial charge in [0.25, 0.3) is 0 Å². The fourth-order valence-corrected chi connectivity index (χ4v) is 7.44. The summed E-state index contributed by atoms with van der Waals surface area (Å²) in [5, 5.41) is 7.85. The van der Waals surface area contributed by atoms with E-state index in [4.69, 9.17) is 0 Å². The lowest BCUT2D eigenvalue weighted by atomic mass is 9.81. The maximum Gasteiger partial charge on any atom is 0.0158 e. The first-order valence-electron chi connectivity index (χ1n) is 14.6. The van der Waals surface area contributed by atoms with Gasteiger partial charge in [0.1, 0.15) is 0 Å². The van der Waals surface area contributed by atoms with Crippen molar-refractivity contribution < 1.29 is 0 Å². The van der Waals surface area contributed by atoms with Crippen molar-refractivity contribution in [3.8, 4) is 33.4 Å². The largest absolute Gasteiger partial charge is 0.0619 e. The number of hydrogen-bond acceptors (Lipinski definition) is 0. The van der Waals surface area contributed by atoms with Crippen LogP contribution in [-0.2, 0) is 5.41 Å². The van der Waals surface area contributed by atoms with Gasteiger partial charge in [-0.1, -0.05) is 135 Å². The average Bonchev–Trinajstić information content (AvgIpc) is 3.22. The van der Waals surface area contributed by atoms with Crippen molar-refractivity contribution in [1.82, 2.24) is 0 Å². The first-order valence-corrected chi connectivity index (χ1v) is 14.6. The number of rotatable bonds is 2. The molecule has 0 radical (unpaired) electrons. The molecule has 0 fully saturated rings. The summed E-state index contributed by atoms with van der Waals surface area (Å²) in [6.45, 7) is 9.13. The molecule has 0 nitrogen and oxygen atoms in total. The predicted molar refractivity (Wildman–Crippen MR) is 177 cm³/mol. The monoisotopic (exact) mass is 524 g/mol. The maximum atomic E-state index is 2.45. The minimum Gasteiger partial charge on any atom is -0.0619 e. The summed E-state index contributed by atoms with van der Waals surface area (Å²) in [6.07, 6.45) is 0. The number of aryl methyl sites for hydroxylation is 2. The number of hydrogen-bond donors (Lipinski definition) is 0. The van der Waals surface area contributed by atoms with E-state index in [0.29, 0.717) is 0 Å². The van der Waals surface area contributed by atoms with Crippen LogP contribution < -0.4 is 0 Å². The Morgan fingerprint density at radius 3 is 1.85 bits per heavy atom. The third-order valence-corrected chi connectivity index (χ3v) is 9.46. The highest BCUT2D eigenvalue weighted by molar-refractivity contribution is 6.23. The highest BCUT2D eigenvalue weighted by Crippen LogP contribution is 2.51. The fraction of sp³-hybridized carbons (Fsp3) is 0.122. The van der Waals surface area contributed by atoms with E-state index in [1.165, 1.54) is 88.0 Å². The molecule has 0 heterocycles. The third kappa shape index (κ3) is 3.40. The second kappa shape index (κ2) is 8.66. The lowest BCUT2D eigenvalue weighted by Gasteiger charge is -2.22. The second-order valence-corrected chi connectivity index (χ2v) is 12.3. The van der Waals surface area contributed by atoms with Crippen LogP contribution >= 0.6 is 0 Å². The van der Waals surface area contributed by atoms with Crippen molar-refractivity contribution in [2.75, 3.05) is 0 Å². The van der Waals surface area contributed by atoms with Crippen molar-refractivity contribution in [1.29, 1.82) is 0 Å². The molecule has 0 aromatic heterocycles. The van der Waals surface area contributed by atoms with E-state index in [1.54, 1.807) is 0 Å². The van der Waals surface area contributed by atoms with Crippen molar-refractivity contribution in [2.24, 2.45) is 0 Å². The molecule has 0 amide bonds. The Morgan fingerprint density at radius 2 is 1.05 bits per heavy atom. The Morgan fingerprint density at radius 1 is 0.415 bits per heavy atom. The summed E-state index contributed by atoms with van der Waals surface area (Å²) < 4.78 is 0. The lowest BCUT2D eigenvalue weighted by Crippen LogP contribution is -2.14. The Kier molecular flexibility index (Phi) is 5.10. The molecule has 0 heteroatoms. The molecular formula is C41H32. The van der Waals surface area contributed by atoms with Crippen molar-refractivity contribution in [2.45, 2.75) is 33.1 Å². The van der Waals surface area contributed by atoms with Gasteiger partial charge < -0.3 is 0 Å². The van der Waals surface area contributed by atoms with E-state index in [0.717, 1.165) is 0 Å². The smallest absolute Gasteiger partial charge is 0.0158 e. The van der Waals surface area contributed by atoms with Gasteiger partial charge >= 0.3 is 0 Å². The summed E-state index contributed by atoms with van der Waals surface area (Å²) >= 11 is 0. The van der Waals surface area contributed by atoms with Gasteiger partial charge in [-0.05, 0) is 102 Å². The van der Waals surface area contributed by atoms with Crippen LogP contribution in [0.4, 0.5) is 0 Å². The minimum atomic E-state index is 0.00152. The van der Waals surface area contributed by atoms with Crippen molar-refractivity contribution in [3.05, 3.63) is 144 Å². The topological polar surface area (TPSA) is 0 Å². The van der Waals surface area contributed by atoms with Crippen LogP contribution in [0.1, 0.15) is 36.1 Å². The highest BCUT2D eigenvalue weighted by atomic mass is 14.4. The molecule has 0 spiro atoms. The summed E-state index contributed by atoms with van der Waals surface area (Å²) in [5.41, 5.74) is 13.4. The molecule has 0 aliphatic heterocycles. The predicted octanol–water partition coefficient (Wildman–Crippen LogP) is 11.4. The number of benzene rings is 7. The van der Waals surface area contributed by atoms with Gasteiger partial charge in [0.2, 0.25) is 0 Å². The quantitative estimate of drug-likeness (QED) is 0.197. The lowest BCUT2D eigenvalue weighted by molar-refractivity contribution is 0.660. The van der Waals surface area contributed by atoms with Gasteiger partial charge in [-0.15, -0.1) is 0 Å². The molecule has 196 valence electrons. The molecule has 41 heavy (non-hydrogen) atoms. The van der Waals surface area contributed by atoms with Crippen molar-refractivity contribution >= 4 is 32.3 Å². The molecule has 0 saturated heterocycles. The zero-order valence-electron chi connectivity index (χ0n) is 24.0. The SMILES string of the molecule is Cc1ccc2c(-c3ccc(C)c4ccccc34)c3ccccc3c(-c3ccc4c(c3)-c3ccccc3C4(C)C)c2c1. The van der Waals surface area contributed by atoms with E-state index in [1.807, 2.05) is 0 Å². The van der Waals surface area contributed by atoms with E-state index < -0.39 is 0 Å². The first kappa shape index (κ1) is 24.1. The summed E-state index contributed by atoms with van der Waals surface area (Å²) in [6, 6.07) is 45.6. The van der Waals surface area contributed by atoms with Gasteiger partial charge in [-0.2, -0.15) is 0 Å². The standard InChI is InChI=1S/C41H32/c1-25-17-20-34-36(23-25)39(27-19-22-38-35(24-27)30-13-9-10-16-37(30)41(38,3)4)31-14-7-8-15-32(31)40(34)33-21-18-26(2)28-11-5-6-12-29(28)33/h5-24H,1-4H3.